The van der Waals surface area contributed by atoms with Crippen LogP contribution in [-0.4, -0.2) is 26.8 Å². The average molecular weight is 368 g/mol. The van der Waals surface area contributed by atoms with Gasteiger partial charge in [-0.05, 0) is 12.1 Å². The molecule has 0 aliphatic carbocycles. The molecule has 0 radical (unpaired) electrons. The van der Waals surface area contributed by atoms with Crippen LogP contribution in [0.5, 0.6) is 0 Å². The molecule has 1 saturated heterocycles. The molecule has 5 nitrogen and oxygen atoms in total. The van der Waals surface area contributed by atoms with Gasteiger partial charge in [0.2, 0.25) is 0 Å². The van der Waals surface area contributed by atoms with Gasteiger partial charge in [-0.1, -0.05) is 48.5 Å². The van der Waals surface area contributed by atoms with Crippen molar-refractivity contribution in [2.45, 2.75) is 18.2 Å². The second-order valence-electron chi connectivity index (χ2n) is 7.90. The summed E-state index contributed by atoms with van der Waals surface area (Å²) in [5, 5.41) is 14.8. The Bertz CT molecular complexity index is 1490. The fraction of sp³-hybridized carbons (Fsp3) is 0.174. The van der Waals surface area contributed by atoms with Crippen LogP contribution in [0.25, 0.3) is 43.6 Å². The average Bonchev–Trinajstić information content (AvgIpc) is 3.34. The minimum absolute atomic E-state index is 0.170. The van der Waals surface area contributed by atoms with Crippen LogP contribution in [0.1, 0.15) is 12.6 Å². The zero-order valence-corrected chi connectivity index (χ0v) is 14.9. The molecule has 0 amide bonds. The Kier molecular flexibility index (Phi) is 2.40. The van der Waals surface area contributed by atoms with Gasteiger partial charge in [0.25, 0.3) is 0 Å². The molecule has 1 fully saturated rings. The van der Waals surface area contributed by atoms with E-state index in [0.717, 1.165) is 38.2 Å². The number of aromatic nitrogens is 2. The van der Waals surface area contributed by atoms with E-state index in [1.165, 1.54) is 5.39 Å². The highest BCUT2D eigenvalue weighted by Crippen LogP contribution is 2.50. The lowest BCUT2D eigenvalue weighted by Crippen LogP contribution is -2.42. The summed E-state index contributed by atoms with van der Waals surface area (Å²) in [6.45, 7) is 0.170. The molecule has 2 aliphatic rings. The maximum Gasteiger partial charge on any atom is 0.332 e. The first-order valence-electron chi connectivity index (χ1n) is 9.51. The van der Waals surface area contributed by atoms with Crippen LogP contribution in [-0.2, 0) is 15.1 Å². The van der Waals surface area contributed by atoms with Crippen molar-refractivity contribution in [3.63, 3.8) is 0 Å². The minimum Gasteiger partial charge on any atom is -0.479 e. The Morgan fingerprint density at radius 2 is 1.54 bits per heavy atom. The van der Waals surface area contributed by atoms with Crippen LogP contribution in [0.3, 0.4) is 0 Å². The van der Waals surface area contributed by atoms with Gasteiger partial charge in [0.1, 0.15) is 6.23 Å². The number of para-hydroxylation sites is 2. The predicted molar refractivity (Wildman–Crippen MR) is 108 cm³/mol. The maximum absolute atomic E-state index is 12.6. The molecule has 0 spiro atoms. The summed E-state index contributed by atoms with van der Waals surface area (Å²) in [7, 11) is 0. The zero-order chi connectivity index (χ0) is 18.6. The maximum atomic E-state index is 12.6. The SMILES string of the molecule is O=C(O)[C@@]12CO[C@@H](C1)n1c3ccccc3c3ccc4c5ccccc5n2c4c31. The van der Waals surface area contributed by atoms with Crippen LogP contribution in [0.4, 0.5) is 0 Å². The number of nitrogens with zero attached hydrogens (tertiary/aromatic N) is 2. The Balaban J connectivity index is 1.87. The van der Waals surface area contributed by atoms with Gasteiger partial charge in [-0.2, -0.15) is 0 Å². The van der Waals surface area contributed by atoms with Crippen molar-refractivity contribution in [1.82, 2.24) is 9.13 Å². The lowest BCUT2D eigenvalue weighted by Gasteiger charge is -2.26. The standard InChI is InChI=1S/C23H16N2O3/c26-22(27)23-11-19(28-12-23)24-17-7-3-1-5-13(17)15-9-10-16-14-6-2-4-8-18(14)25(23)21(16)20(15)24/h1-10,19H,11-12H2,(H,26,27)/t19-,23-/m0/s1. The summed E-state index contributed by atoms with van der Waals surface area (Å²) in [5.41, 5.74) is 3.02. The van der Waals surface area contributed by atoms with E-state index in [1.807, 2.05) is 28.8 Å². The molecule has 2 aliphatic heterocycles. The molecule has 136 valence electrons. The van der Waals surface area contributed by atoms with Gasteiger partial charge in [0.05, 0.1) is 28.7 Å². The summed E-state index contributed by atoms with van der Waals surface area (Å²) in [4.78, 5) is 12.6. The molecule has 5 aromatic rings. The van der Waals surface area contributed by atoms with E-state index >= 15 is 0 Å². The molecule has 0 saturated carbocycles. The highest BCUT2D eigenvalue weighted by Gasteiger charge is 2.52. The number of hydrogen-bond acceptors (Lipinski definition) is 2. The molecule has 28 heavy (non-hydrogen) atoms. The highest BCUT2D eigenvalue weighted by molar-refractivity contribution is 6.23. The number of aliphatic carboxylic acids is 1. The van der Waals surface area contributed by atoms with Gasteiger partial charge in [0.15, 0.2) is 5.54 Å². The number of ether oxygens (including phenoxy) is 1. The first-order chi connectivity index (χ1) is 13.7. The largest absolute Gasteiger partial charge is 0.479 e. The number of carboxylic acids is 1. The molecule has 5 heteroatoms. The molecule has 0 unspecified atom stereocenters. The third-order valence-corrected chi connectivity index (χ3v) is 6.65. The Morgan fingerprint density at radius 1 is 0.893 bits per heavy atom. The monoisotopic (exact) mass is 368 g/mol. The summed E-state index contributed by atoms with van der Waals surface area (Å²) >= 11 is 0. The van der Waals surface area contributed by atoms with E-state index in [-0.39, 0.29) is 12.8 Å². The van der Waals surface area contributed by atoms with Crippen molar-refractivity contribution < 1.29 is 14.6 Å². The molecular weight excluding hydrogens is 352 g/mol. The number of carboxylic acid groups (broad SMARTS) is 1. The third-order valence-electron chi connectivity index (χ3n) is 6.65. The van der Waals surface area contributed by atoms with Crippen LogP contribution in [0.15, 0.2) is 60.7 Å². The fourth-order valence-electron chi connectivity index (χ4n) is 5.48. The molecule has 3 aromatic carbocycles. The molecule has 1 N–H and O–H groups in total. The van der Waals surface area contributed by atoms with Crippen LogP contribution >= 0.6 is 0 Å². The Hall–Kier alpha value is -3.31. The van der Waals surface area contributed by atoms with E-state index in [2.05, 4.69) is 41.0 Å². The van der Waals surface area contributed by atoms with Gasteiger partial charge < -0.3 is 19.0 Å². The number of benzene rings is 3. The summed E-state index contributed by atoms with van der Waals surface area (Å²) in [6.07, 6.45) is 0.126. The first-order valence-corrected chi connectivity index (χ1v) is 9.51. The lowest BCUT2D eigenvalue weighted by molar-refractivity contribution is -0.147. The summed E-state index contributed by atoms with van der Waals surface area (Å²) in [5.74, 6) is -0.829. The molecule has 4 heterocycles. The van der Waals surface area contributed by atoms with Crippen molar-refractivity contribution in [2.24, 2.45) is 0 Å². The van der Waals surface area contributed by atoms with Crippen LogP contribution in [0.2, 0.25) is 0 Å². The number of carbonyl (C=O) groups is 1. The fourth-order valence-corrected chi connectivity index (χ4v) is 5.48. The zero-order valence-electron chi connectivity index (χ0n) is 14.9. The van der Waals surface area contributed by atoms with Gasteiger partial charge in [-0.15, -0.1) is 0 Å². The second-order valence-corrected chi connectivity index (χ2v) is 7.90. The van der Waals surface area contributed by atoms with Gasteiger partial charge in [-0.25, -0.2) is 4.79 Å². The summed E-state index contributed by atoms with van der Waals surface area (Å²) in [6, 6.07) is 20.7. The van der Waals surface area contributed by atoms with E-state index in [0.29, 0.717) is 6.42 Å². The number of fused-ring (bicyclic) bond motifs is 10. The smallest absolute Gasteiger partial charge is 0.332 e. The normalized spacial score (nSPS) is 23.4. The Labute approximate surface area is 159 Å². The van der Waals surface area contributed by atoms with Crippen LogP contribution in [0, 0.1) is 0 Å². The van der Waals surface area contributed by atoms with Gasteiger partial charge in [0, 0.05) is 28.0 Å². The van der Waals surface area contributed by atoms with Gasteiger partial charge in [-0.3, -0.25) is 0 Å². The highest BCUT2D eigenvalue weighted by atomic mass is 16.5. The summed E-state index contributed by atoms with van der Waals surface area (Å²) < 4.78 is 10.4. The van der Waals surface area contributed by atoms with Crippen molar-refractivity contribution in [3.8, 4) is 0 Å². The third kappa shape index (κ3) is 1.42. The molecule has 2 aromatic heterocycles. The number of rotatable bonds is 1. The van der Waals surface area contributed by atoms with Crippen molar-refractivity contribution >= 4 is 49.6 Å². The molecule has 2 atom stereocenters. The van der Waals surface area contributed by atoms with E-state index in [4.69, 9.17) is 4.74 Å². The first kappa shape index (κ1) is 14.7. The van der Waals surface area contributed by atoms with E-state index < -0.39 is 11.5 Å². The van der Waals surface area contributed by atoms with Crippen molar-refractivity contribution in [3.05, 3.63) is 60.7 Å². The minimum atomic E-state index is -1.10. The molecule has 7 rings (SSSR count). The topological polar surface area (TPSA) is 56.4 Å². The second kappa shape index (κ2) is 4.56. The molecule has 2 bridgehead atoms. The van der Waals surface area contributed by atoms with Gasteiger partial charge >= 0.3 is 5.97 Å². The molecular formula is C23H16N2O3. The predicted octanol–water partition coefficient (Wildman–Crippen LogP) is 4.61. The lowest BCUT2D eigenvalue weighted by atomic mass is 9.97. The Morgan fingerprint density at radius 3 is 2.29 bits per heavy atom. The van der Waals surface area contributed by atoms with Crippen molar-refractivity contribution in [1.29, 1.82) is 0 Å². The van der Waals surface area contributed by atoms with Crippen LogP contribution < -0.4 is 0 Å². The van der Waals surface area contributed by atoms with E-state index in [1.54, 1.807) is 0 Å². The quantitative estimate of drug-likeness (QED) is 0.470. The van der Waals surface area contributed by atoms with E-state index in [9.17, 15) is 9.90 Å². The number of hydrogen-bond donors (Lipinski definition) is 1. The van der Waals surface area contributed by atoms with Crippen molar-refractivity contribution in [2.75, 3.05) is 6.61 Å².